The van der Waals surface area contributed by atoms with Crippen molar-refractivity contribution in [2.75, 3.05) is 11.6 Å². The summed E-state index contributed by atoms with van der Waals surface area (Å²) >= 11 is 1.69. The third-order valence-corrected chi connectivity index (χ3v) is 4.64. The van der Waals surface area contributed by atoms with E-state index >= 15 is 0 Å². The molecule has 0 radical (unpaired) electrons. The molecule has 3 N–H and O–H groups in total. The summed E-state index contributed by atoms with van der Waals surface area (Å²) in [7, 11) is 0. The van der Waals surface area contributed by atoms with Gasteiger partial charge >= 0.3 is 0 Å². The molecule has 2 atom stereocenters. The Morgan fingerprint density at radius 3 is 2.61 bits per heavy atom. The molecule has 1 aliphatic rings. The van der Waals surface area contributed by atoms with E-state index in [2.05, 4.69) is 5.32 Å². The van der Waals surface area contributed by atoms with E-state index < -0.39 is 5.41 Å². The zero-order valence-electron chi connectivity index (χ0n) is 10.9. The lowest BCUT2D eigenvalue weighted by Gasteiger charge is -2.27. The molecule has 0 spiro atoms. The van der Waals surface area contributed by atoms with Gasteiger partial charge in [0.1, 0.15) is 0 Å². The van der Waals surface area contributed by atoms with Crippen LogP contribution in [0.4, 0.5) is 5.69 Å². The van der Waals surface area contributed by atoms with Crippen LogP contribution in [0.1, 0.15) is 26.2 Å². The van der Waals surface area contributed by atoms with Crippen LogP contribution in [0.15, 0.2) is 29.2 Å². The molecule has 1 amide bonds. The standard InChI is InChI=1S/C14H20N2OS/c1-14(9-3-4-12(14)15)13(17)16-10-5-7-11(18-2)8-6-10/h5-8,12H,3-4,9,15H2,1-2H3,(H,16,17). The molecule has 98 valence electrons. The fourth-order valence-corrected chi connectivity index (χ4v) is 2.83. The lowest BCUT2D eigenvalue weighted by atomic mass is 9.84. The largest absolute Gasteiger partial charge is 0.327 e. The third kappa shape index (κ3) is 2.54. The number of anilines is 1. The molecular weight excluding hydrogens is 244 g/mol. The summed E-state index contributed by atoms with van der Waals surface area (Å²) in [5.74, 6) is 0.0457. The highest BCUT2D eigenvalue weighted by atomic mass is 32.2. The van der Waals surface area contributed by atoms with Gasteiger partial charge in [-0.05, 0) is 50.3 Å². The number of amides is 1. The van der Waals surface area contributed by atoms with Gasteiger partial charge in [0, 0.05) is 16.6 Å². The number of hydrogen-bond donors (Lipinski definition) is 2. The Morgan fingerprint density at radius 1 is 1.44 bits per heavy atom. The van der Waals surface area contributed by atoms with Gasteiger partial charge in [-0.2, -0.15) is 0 Å². The molecular formula is C14H20N2OS. The van der Waals surface area contributed by atoms with Crippen molar-refractivity contribution in [1.29, 1.82) is 0 Å². The van der Waals surface area contributed by atoms with E-state index in [0.717, 1.165) is 24.9 Å². The van der Waals surface area contributed by atoms with Crippen molar-refractivity contribution in [3.8, 4) is 0 Å². The number of nitrogens with two attached hydrogens (primary N) is 1. The van der Waals surface area contributed by atoms with Crippen LogP contribution in [0.2, 0.25) is 0 Å². The normalized spacial score (nSPS) is 27.2. The van der Waals surface area contributed by atoms with Crippen LogP contribution in [0.25, 0.3) is 0 Å². The zero-order chi connectivity index (χ0) is 13.2. The van der Waals surface area contributed by atoms with Gasteiger partial charge in [0.2, 0.25) is 5.91 Å². The smallest absolute Gasteiger partial charge is 0.231 e. The monoisotopic (exact) mass is 264 g/mol. The Labute approximate surface area is 113 Å². The van der Waals surface area contributed by atoms with Gasteiger partial charge in [0.25, 0.3) is 0 Å². The van der Waals surface area contributed by atoms with E-state index in [4.69, 9.17) is 5.73 Å². The SMILES string of the molecule is CSc1ccc(NC(=O)C2(C)CCCC2N)cc1. The molecule has 1 saturated carbocycles. The molecule has 2 rings (SSSR count). The molecule has 0 bridgehead atoms. The molecule has 2 unspecified atom stereocenters. The second kappa shape index (κ2) is 5.33. The topological polar surface area (TPSA) is 55.1 Å². The van der Waals surface area contributed by atoms with E-state index in [1.807, 2.05) is 37.4 Å². The molecule has 1 aromatic carbocycles. The second-order valence-electron chi connectivity index (χ2n) is 5.10. The fourth-order valence-electron chi connectivity index (χ4n) is 2.42. The number of carbonyl (C=O) groups is 1. The average molecular weight is 264 g/mol. The van der Waals surface area contributed by atoms with Gasteiger partial charge in [-0.1, -0.05) is 6.42 Å². The third-order valence-electron chi connectivity index (χ3n) is 3.90. The van der Waals surface area contributed by atoms with Crippen LogP contribution < -0.4 is 11.1 Å². The average Bonchev–Trinajstić information content (AvgIpc) is 2.72. The molecule has 1 aliphatic carbocycles. The van der Waals surface area contributed by atoms with Crippen molar-refractivity contribution in [2.45, 2.75) is 37.1 Å². The van der Waals surface area contributed by atoms with Crippen molar-refractivity contribution in [1.82, 2.24) is 0 Å². The van der Waals surface area contributed by atoms with Crippen LogP contribution in [-0.4, -0.2) is 18.2 Å². The number of rotatable bonds is 3. The van der Waals surface area contributed by atoms with E-state index in [9.17, 15) is 4.79 Å². The maximum Gasteiger partial charge on any atom is 0.231 e. The predicted molar refractivity (Wildman–Crippen MR) is 76.8 cm³/mol. The highest BCUT2D eigenvalue weighted by Gasteiger charge is 2.42. The van der Waals surface area contributed by atoms with Crippen molar-refractivity contribution in [3.05, 3.63) is 24.3 Å². The summed E-state index contributed by atoms with van der Waals surface area (Å²) in [5, 5.41) is 2.98. The van der Waals surface area contributed by atoms with Gasteiger partial charge < -0.3 is 11.1 Å². The Hall–Kier alpha value is -1.00. The molecule has 4 heteroatoms. The minimum Gasteiger partial charge on any atom is -0.327 e. The number of hydrogen-bond acceptors (Lipinski definition) is 3. The van der Waals surface area contributed by atoms with Crippen LogP contribution in [0.3, 0.4) is 0 Å². The predicted octanol–water partition coefficient (Wildman–Crippen LogP) is 2.86. The van der Waals surface area contributed by atoms with E-state index in [1.165, 1.54) is 4.90 Å². The van der Waals surface area contributed by atoms with Crippen LogP contribution in [0.5, 0.6) is 0 Å². The Morgan fingerprint density at radius 2 is 2.11 bits per heavy atom. The summed E-state index contributed by atoms with van der Waals surface area (Å²) in [6, 6.07) is 7.87. The lowest BCUT2D eigenvalue weighted by Crippen LogP contribution is -2.44. The van der Waals surface area contributed by atoms with Gasteiger partial charge in [-0.3, -0.25) is 4.79 Å². The lowest BCUT2D eigenvalue weighted by molar-refractivity contribution is -0.125. The van der Waals surface area contributed by atoms with Gasteiger partial charge in [0.15, 0.2) is 0 Å². The van der Waals surface area contributed by atoms with Crippen LogP contribution in [-0.2, 0) is 4.79 Å². The first-order chi connectivity index (χ1) is 8.56. The first-order valence-electron chi connectivity index (χ1n) is 6.27. The maximum atomic E-state index is 12.3. The maximum absolute atomic E-state index is 12.3. The van der Waals surface area contributed by atoms with Gasteiger partial charge in [-0.25, -0.2) is 0 Å². The Bertz CT molecular complexity index is 432. The fraction of sp³-hybridized carbons (Fsp3) is 0.500. The number of benzene rings is 1. The minimum atomic E-state index is -0.418. The number of nitrogens with one attached hydrogen (secondary N) is 1. The summed E-state index contributed by atoms with van der Waals surface area (Å²) in [5.41, 5.74) is 6.48. The molecule has 0 aromatic heterocycles. The van der Waals surface area contributed by atoms with Gasteiger partial charge in [-0.15, -0.1) is 11.8 Å². The Kier molecular flexibility index (Phi) is 3.97. The second-order valence-corrected chi connectivity index (χ2v) is 5.98. The van der Waals surface area contributed by atoms with Crippen molar-refractivity contribution in [2.24, 2.45) is 11.1 Å². The van der Waals surface area contributed by atoms with Crippen molar-refractivity contribution >= 4 is 23.4 Å². The molecule has 1 aromatic rings. The number of thioether (sulfide) groups is 1. The quantitative estimate of drug-likeness (QED) is 0.825. The molecule has 18 heavy (non-hydrogen) atoms. The van der Waals surface area contributed by atoms with Crippen molar-refractivity contribution < 1.29 is 4.79 Å². The molecule has 1 fully saturated rings. The van der Waals surface area contributed by atoms with Crippen LogP contribution in [0, 0.1) is 5.41 Å². The summed E-state index contributed by atoms with van der Waals surface area (Å²) in [4.78, 5) is 13.5. The van der Waals surface area contributed by atoms with Gasteiger partial charge in [0.05, 0.1) is 5.41 Å². The molecule has 0 heterocycles. The first-order valence-corrected chi connectivity index (χ1v) is 7.50. The van der Waals surface area contributed by atoms with E-state index in [-0.39, 0.29) is 11.9 Å². The van der Waals surface area contributed by atoms with E-state index in [1.54, 1.807) is 11.8 Å². The molecule has 0 aliphatic heterocycles. The summed E-state index contributed by atoms with van der Waals surface area (Å²) < 4.78 is 0. The minimum absolute atomic E-state index is 0.0250. The highest BCUT2D eigenvalue weighted by molar-refractivity contribution is 7.98. The van der Waals surface area contributed by atoms with Crippen LogP contribution >= 0.6 is 11.8 Å². The summed E-state index contributed by atoms with van der Waals surface area (Å²) in [6.07, 6.45) is 4.89. The van der Waals surface area contributed by atoms with E-state index in [0.29, 0.717) is 0 Å². The number of carbonyl (C=O) groups excluding carboxylic acids is 1. The summed E-state index contributed by atoms with van der Waals surface area (Å²) in [6.45, 7) is 1.97. The first kappa shape index (κ1) is 13.4. The highest BCUT2D eigenvalue weighted by Crippen LogP contribution is 2.37. The zero-order valence-corrected chi connectivity index (χ0v) is 11.7. The molecule has 3 nitrogen and oxygen atoms in total. The van der Waals surface area contributed by atoms with Crippen molar-refractivity contribution in [3.63, 3.8) is 0 Å². The Balaban J connectivity index is 2.06. The molecule has 0 saturated heterocycles.